The van der Waals surface area contributed by atoms with Gasteiger partial charge in [0.05, 0.1) is 42.9 Å². The van der Waals surface area contributed by atoms with Crippen molar-refractivity contribution in [2.45, 2.75) is 19.9 Å². The van der Waals surface area contributed by atoms with Crippen molar-refractivity contribution in [2.24, 2.45) is 0 Å². The van der Waals surface area contributed by atoms with Gasteiger partial charge in [0.1, 0.15) is 11.5 Å². The number of hydrogen-bond donors (Lipinski definition) is 1. The summed E-state index contributed by atoms with van der Waals surface area (Å²) in [5, 5.41) is 2.05. The second kappa shape index (κ2) is 7.82. The van der Waals surface area contributed by atoms with Crippen LogP contribution >= 0.6 is 11.3 Å². The normalized spacial score (nSPS) is 15.6. The Kier molecular flexibility index (Phi) is 5.27. The zero-order valence-corrected chi connectivity index (χ0v) is 16.4. The summed E-state index contributed by atoms with van der Waals surface area (Å²) in [6.07, 6.45) is 1.18. The number of fused-ring (bicyclic) bond motifs is 1. The molecule has 27 heavy (non-hydrogen) atoms. The van der Waals surface area contributed by atoms with Gasteiger partial charge in [0.15, 0.2) is 0 Å². The van der Waals surface area contributed by atoms with Crippen molar-refractivity contribution in [3.8, 4) is 0 Å². The van der Waals surface area contributed by atoms with Gasteiger partial charge in [0.25, 0.3) is 5.91 Å². The summed E-state index contributed by atoms with van der Waals surface area (Å²) < 4.78 is 16.4. The largest absolute Gasteiger partial charge is 0.332 e. The molecular weight excluding hydrogens is 361 g/mol. The molecule has 0 radical (unpaired) electrons. The van der Waals surface area contributed by atoms with Gasteiger partial charge >= 0.3 is 0 Å². The summed E-state index contributed by atoms with van der Waals surface area (Å²) in [5.41, 5.74) is 2.80. The van der Waals surface area contributed by atoms with Gasteiger partial charge in [-0.25, -0.2) is 4.39 Å². The molecule has 4 rings (SSSR count). The molecule has 3 aromatic rings. The number of aromatic nitrogens is 1. The maximum absolute atomic E-state index is 13.2. The zero-order valence-electron chi connectivity index (χ0n) is 15.6. The molecule has 0 unspecified atom stereocenters. The van der Waals surface area contributed by atoms with Crippen molar-refractivity contribution >= 4 is 27.5 Å². The highest BCUT2D eigenvalue weighted by molar-refractivity contribution is 7.17. The van der Waals surface area contributed by atoms with E-state index >= 15 is 0 Å². The summed E-state index contributed by atoms with van der Waals surface area (Å²) >= 11 is 1.65. The fourth-order valence-corrected chi connectivity index (χ4v) is 4.71. The highest BCUT2D eigenvalue weighted by atomic mass is 32.1. The standard InChI is InChI=1S/C21H24FN3OS/c1-2-8-23-9-11-24(12-10-23)21(26)19-14-20-18(7-13-27-20)25(19)15-16-3-5-17(22)6-4-16/h3-7,13-14H,2,8-12,15H2,1H3/p+1. The number of nitrogens with zero attached hydrogens (tertiary/aromatic N) is 2. The Morgan fingerprint density at radius 3 is 2.63 bits per heavy atom. The van der Waals surface area contributed by atoms with Gasteiger partial charge in [-0.15, -0.1) is 11.3 Å². The van der Waals surface area contributed by atoms with Crippen molar-refractivity contribution in [3.05, 3.63) is 58.9 Å². The van der Waals surface area contributed by atoms with Crippen LogP contribution in [0.5, 0.6) is 0 Å². The molecule has 1 amide bonds. The van der Waals surface area contributed by atoms with Crippen molar-refractivity contribution in [3.63, 3.8) is 0 Å². The number of quaternary nitrogens is 1. The van der Waals surface area contributed by atoms with Crippen LogP contribution in [0, 0.1) is 5.82 Å². The quantitative estimate of drug-likeness (QED) is 0.718. The third-order valence-electron chi connectivity index (χ3n) is 5.36. The first-order valence-corrected chi connectivity index (χ1v) is 10.5. The summed E-state index contributed by atoms with van der Waals surface area (Å²) in [6.45, 7) is 7.62. The van der Waals surface area contributed by atoms with E-state index in [9.17, 15) is 9.18 Å². The molecule has 0 saturated carbocycles. The summed E-state index contributed by atoms with van der Waals surface area (Å²) in [5.74, 6) is -0.133. The number of hydrogen-bond acceptors (Lipinski definition) is 2. The van der Waals surface area contributed by atoms with Crippen LogP contribution in [0.1, 0.15) is 29.4 Å². The summed E-state index contributed by atoms with van der Waals surface area (Å²) in [6, 6.07) is 10.6. The summed E-state index contributed by atoms with van der Waals surface area (Å²) in [4.78, 5) is 16.8. The van der Waals surface area contributed by atoms with Gasteiger partial charge in [-0.05, 0) is 41.6 Å². The van der Waals surface area contributed by atoms with E-state index in [0.717, 1.165) is 47.7 Å². The first-order valence-electron chi connectivity index (χ1n) is 9.59. The third-order valence-corrected chi connectivity index (χ3v) is 6.21. The molecule has 0 spiro atoms. The van der Waals surface area contributed by atoms with Crippen LogP contribution in [0.15, 0.2) is 41.8 Å². The Morgan fingerprint density at radius 2 is 1.93 bits per heavy atom. The molecule has 1 saturated heterocycles. The van der Waals surface area contributed by atoms with E-state index in [4.69, 9.17) is 0 Å². The SMILES string of the molecule is CCC[NH+]1CCN(C(=O)c2cc3sccc3n2Cc2ccc(F)cc2)CC1. The Labute approximate surface area is 162 Å². The van der Waals surface area contributed by atoms with Crippen LogP contribution in [0.3, 0.4) is 0 Å². The van der Waals surface area contributed by atoms with E-state index in [1.54, 1.807) is 28.4 Å². The molecule has 1 N–H and O–H groups in total. The number of piperazine rings is 1. The van der Waals surface area contributed by atoms with Crippen LogP contribution < -0.4 is 4.90 Å². The molecule has 1 aromatic carbocycles. The molecule has 0 bridgehead atoms. The van der Waals surface area contributed by atoms with Gasteiger partial charge in [-0.2, -0.15) is 0 Å². The predicted octanol–water partition coefficient (Wildman–Crippen LogP) is 2.64. The third kappa shape index (κ3) is 3.77. The molecule has 1 aliphatic rings. The second-order valence-corrected chi connectivity index (χ2v) is 8.15. The van der Waals surface area contributed by atoms with E-state index in [-0.39, 0.29) is 11.7 Å². The van der Waals surface area contributed by atoms with Gasteiger partial charge < -0.3 is 14.4 Å². The van der Waals surface area contributed by atoms with Crippen LogP contribution in [-0.4, -0.2) is 48.1 Å². The number of halogens is 1. The van der Waals surface area contributed by atoms with Gasteiger partial charge in [-0.3, -0.25) is 4.79 Å². The van der Waals surface area contributed by atoms with E-state index in [0.29, 0.717) is 6.54 Å². The predicted molar refractivity (Wildman–Crippen MR) is 107 cm³/mol. The van der Waals surface area contributed by atoms with Gasteiger partial charge in [-0.1, -0.05) is 19.1 Å². The molecule has 1 fully saturated rings. The molecule has 0 atom stereocenters. The van der Waals surface area contributed by atoms with Crippen LogP contribution in [0.2, 0.25) is 0 Å². The molecule has 3 heterocycles. The number of carbonyl (C=O) groups is 1. The first kappa shape index (κ1) is 18.2. The molecule has 0 aliphatic carbocycles. The monoisotopic (exact) mass is 386 g/mol. The topological polar surface area (TPSA) is 29.7 Å². The minimum Gasteiger partial charge on any atom is -0.332 e. The Bertz CT molecular complexity index is 923. The lowest BCUT2D eigenvalue weighted by atomic mass is 10.2. The van der Waals surface area contributed by atoms with Crippen LogP contribution in [0.4, 0.5) is 4.39 Å². The number of benzene rings is 1. The van der Waals surface area contributed by atoms with E-state index in [2.05, 4.69) is 17.6 Å². The van der Waals surface area contributed by atoms with Crippen molar-refractivity contribution < 1.29 is 14.1 Å². The highest BCUT2D eigenvalue weighted by Gasteiger charge is 2.27. The van der Waals surface area contributed by atoms with E-state index in [1.165, 1.54) is 25.1 Å². The maximum atomic E-state index is 13.2. The maximum Gasteiger partial charge on any atom is 0.270 e. The lowest BCUT2D eigenvalue weighted by Gasteiger charge is -2.32. The van der Waals surface area contributed by atoms with Crippen LogP contribution in [-0.2, 0) is 6.54 Å². The molecule has 1 aliphatic heterocycles. The number of carbonyl (C=O) groups excluding carboxylic acids is 1. The van der Waals surface area contributed by atoms with Crippen molar-refractivity contribution in [1.82, 2.24) is 9.47 Å². The zero-order chi connectivity index (χ0) is 18.8. The van der Waals surface area contributed by atoms with Crippen LogP contribution in [0.25, 0.3) is 10.2 Å². The average Bonchev–Trinajstić information content (AvgIpc) is 3.26. The molecular formula is C21H25FN3OS+. The number of rotatable bonds is 5. The van der Waals surface area contributed by atoms with Gasteiger partial charge in [0.2, 0.25) is 0 Å². The molecule has 2 aromatic heterocycles. The minimum atomic E-state index is -0.240. The van der Waals surface area contributed by atoms with E-state index in [1.807, 2.05) is 16.3 Å². The highest BCUT2D eigenvalue weighted by Crippen LogP contribution is 2.27. The lowest BCUT2D eigenvalue weighted by Crippen LogP contribution is -3.14. The fraction of sp³-hybridized carbons (Fsp3) is 0.381. The molecule has 142 valence electrons. The Morgan fingerprint density at radius 1 is 1.19 bits per heavy atom. The lowest BCUT2D eigenvalue weighted by molar-refractivity contribution is -0.904. The number of nitrogens with one attached hydrogen (secondary N) is 1. The van der Waals surface area contributed by atoms with Crippen molar-refractivity contribution in [1.29, 1.82) is 0 Å². The Hall–Kier alpha value is -2.18. The Balaban J connectivity index is 1.59. The summed E-state index contributed by atoms with van der Waals surface area (Å²) in [7, 11) is 0. The molecule has 6 heteroatoms. The van der Waals surface area contributed by atoms with Gasteiger partial charge in [0, 0.05) is 6.54 Å². The second-order valence-electron chi connectivity index (χ2n) is 7.20. The average molecular weight is 387 g/mol. The smallest absolute Gasteiger partial charge is 0.270 e. The fourth-order valence-electron chi connectivity index (χ4n) is 3.89. The van der Waals surface area contributed by atoms with E-state index < -0.39 is 0 Å². The molecule has 4 nitrogen and oxygen atoms in total. The minimum absolute atomic E-state index is 0.107. The first-order chi connectivity index (χ1) is 13.2. The number of amides is 1. The number of thiophene rings is 1. The van der Waals surface area contributed by atoms with Crippen molar-refractivity contribution in [2.75, 3.05) is 32.7 Å².